The van der Waals surface area contributed by atoms with Crippen LogP contribution in [0, 0.1) is 0 Å². The Morgan fingerprint density at radius 3 is 2.52 bits per heavy atom. The van der Waals surface area contributed by atoms with E-state index >= 15 is 0 Å². The molecule has 0 aliphatic carbocycles. The van der Waals surface area contributed by atoms with Crippen molar-refractivity contribution < 1.29 is 19.2 Å². The van der Waals surface area contributed by atoms with E-state index in [9.17, 15) is 19.2 Å². The molecule has 0 radical (unpaired) electrons. The van der Waals surface area contributed by atoms with E-state index in [4.69, 9.17) is 0 Å². The zero-order valence-corrected chi connectivity index (χ0v) is 11.8. The fourth-order valence-electron chi connectivity index (χ4n) is 2.39. The van der Waals surface area contributed by atoms with Gasteiger partial charge in [0, 0.05) is 6.42 Å². The Balaban J connectivity index is 2.40. The van der Waals surface area contributed by atoms with E-state index in [1.165, 1.54) is 0 Å². The van der Waals surface area contributed by atoms with Gasteiger partial charge in [-0.1, -0.05) is 6.08 Å². The van der Waals surface area contributed by atoms with Crippen LogP contribution < -0.4 is 5.32 Å². The maximum Gasteiger partial charge on any atom is 0.280 e. The van der Waals surface area contributed by atoms with Crippen LogP contribution in [0.15, 0.2) is 27.9 Å². The standard InChI is InChI=1S/C14H15N3O4/c1-4-7(2)10-11(15-3)14(21)17(13(10)20)8-5-6-9(18)16-12(8)19/h4,8H,3,5-6H2,1-2H3,(H,16,18,19)/b7-4-. The van der Waals surface area contributed by atoms with E-state index in [-0.39, 0.29) is 24.1 Å². The number of allylic oxidation sites excluding steroid dienone is 1. The van der Waals surface area contributed by atoms with Gasteiger partial charge in [-0.2, -0.15) is 0 Å². The Morgan fingerprint density at radius 1 is 1.33 bits per heavy atom. The summed E-state index contributed by atoms with van der Waals surface area (Å²) in [5.74, 6) is -2.28. The summed E-state index contributed by atoms with van der Waals surface area (Å²) in [7, 11) is 0. The number of hydrogen-bond acceptors (Lipinski definition) is 5. The molecule has 7 heteroatoms. The summed E-state index contributed by atoms with van der Waals surface area (Å²) >= 11 is 0. The number of nitrogens with one attached hydrogen (secondary N) is 1. The van der Waals surface area contributed by atoms with Crippen molar-refractivity contribution >= 4 is 30.3 Å². The monoisotopic (exact) mass is 289 g/mol. The smallest absolute Gasteiger partial charge is 0.280 e. The molecule has 4 amide bonds. The highest BCUT2D eigenvalue weighted by molar-refractivity contribution is 6.23. The van der Waals surface area contributed by atoms with Gasteiger partial charge in [-0.05, 0) is 32.6 Å². The summed E-state index contributed by atoms with van der Waals surface area (Å²) in [5.41, 5.74) is 0.688. The van der Waals surface area contributed by atoms with E-state index in [1.807, 2.05) is 0 Å². The van der Waals surface area contributed by atoms with Gasteiger partial charge < -0.3 is 0 Å². The van der Waals surface area contributed by atoms with Crippen molar-refractivity contribution in [1.29, 1.82) is 0 Å². The van der Waals surface area contributed by atoms with Crippen LogP contribution in [0.4, 0.5) is 0 Å². The van der Waals surface area contributed by atoms with Crippen LogP contribution in [0.5, 0.6) is 0 Å². The highest BCUT2D eigenvalue weighted by atomic mass is 16.2. The van der Waals surface area contributed by atoms with Crippen LogP contribution in [0.25, 0.3) is 0 Å². The number of rotatable bonds is 3. The summed E-state index contributed by atoms with van der Waals surface area (Å²) in [6, 6.07) is -0.985. The second-order valence-corrected chi connectivity index (χ2v) is 4.80. The lowest BCUT2D eigenvalue weighted by molar-refractivity contribution is -0.150. The van der Waals surface area contributed by atoms with E-state index in [0.717, 1.165) is 4.90 Å². The summed E-state index contributed by atoms with van der Waals surface area (Å²) < 4.78 is 0. The third-order valence-electron chi connectivity index (χ3n) is 3.60. The zero-order chi connectivity index (χ0) is 15.7. The molecule has 0 spiro atoms. The molecular weight excluding hydrogens is 274 g/mol. The normalized spacial score (nSPS) is 23.8. The van der Waals surface area contributed by atoms with Crippen LogP contribution in [0.3, 0.4) is 0 Å². The van der Waals surface area contributed by atoms with Gasteiger partial charge in [-0.25, -0.2) is 0 Å². The number of imide groups is 2. The van der Waals surface area contributed by atoms with Gasteiger partial charge in [0.1, 0.15) is 11.7 Å². The highest BCUT2D eigenvalue weighted by Crippen LogP contribution is 2.30. The second kappa shape index (κ2) is 5.43. The first-order chi connectivity index (χ1) is 9.92. The molecule has 1 fully saturated rings. The number of nitrogens with zero attached hydrogens (tertiary/aromatic N) is 2. The minimum absolute atomic E-state index is 0.0553. The quantitative estimate of drug-likeness (QED) is 0.588. The Hall–Kier alpha value is -2.57. The van der Waals surface area contributed by atoms with Crippen LogP contribution >= 0.6 is 0 Å². The molecule has 2 aliphatic rings. The van der Waals surface area contributed by atoms with Crippen molar-refractivity contribution in [3.8, 4) is 0 Å². The summed E-state index contributed by atoms with van der Waals surface area (Å²) in [5, 5.41) is 2.13. The lowest BCUT2D eigenvalue weighted by atomic mass is 10.0. The predicted octanol–water partition coefficient (Wildman–Crippen LogP) is 0.0813. The topological polar surface area (TPSA) is 95.9 Å². The molecule has 1 N–H and O–H groups in total. The number of carbonyl (C=O) groups excluding carboxylic acids is 4. The van der Waals surface area contributed by atoms with Crippen molar-refractivity contribution in [2.45, 2.75) is 32.7 Å². The second-order valence-electron chi connectivity index (χ2n) is 4.80. The molecule has 0 aromatic heterocycles. The van der Waals surface area contributed by atoms with Gasteiger partial charge in [-0.15, -0.1) is 0 Å². The lowest BCUT2D eigenvalue weighted by Crippen LogP contribution is -2.54. The van der Waals surface area contributed by atoms with Gasteiger partial charge in [0.15, 0.2) is 0 Å². The van der Waals surface area contributed by atoms with Crippen molar-refractivity contribution in [3.63, 3.8) is 0 Å². The fourth-order valence-corrected chi connectivity index (χ4v) is 2.39. The van der Waals surface area contributed by atoms with E-state index in [2.05, 4.69) is 17.0 Å². The molecular formula is C14H15N3O4. The predicted molar refractivity (Wildman–Crippen MR) is 74.0 cm³/mol. The number of hydrogen-bond donors (Lipinski definition) is 1. The first-order valence-electron chi connectivity index (χ1n) is 6.48. The first kappa shape index (κ1) is 14.8. The molecule has 1 saturated heterocycles. The van der Waals surface area contributed by atoms with E-state index < -0.39 is 29.7 Å². The molecule has 1 atom stereocenters. The number of carbonyl (C=O) groups is 4. The first-order valence-corrected chi connectivity index (χ1v) is 6.48. The molecule has 7 nitrogen and oxygen atoms in total. The maximum atomic E-state index is 12.5. The van der Waals surface area contributed by atoms with Crippen molar-refractivity contribution in [2.24, 2.45) is 4.99 Å². The Labute approximate surface area is 121 Å². The Bertz CT molecular complexity index is 630. The molecule has 110 valence electrons. The van der Waals surface area contributed by atoms with Crippen LogP contribution in [-0.4, -0.2) is 41.3 Å². The summed E-state index contributed by atoms with van der Waals surface area (Å²) in [4.78, 5) is 52.3. The SMILES string of the molecule is C=NC1=C(/C(C)=C\C)C(=O)N(C2CCC(=O)NC2=O)C1=O. The molecule has 2 rings (SSSR count). The van der Waals surface area contributed by atoms with E-state index in [1.54, 1.807) is 19.9 Å². The lowest BCUT2D eigenvalue weighted by Gasteiger charge is -2.28. The molecule has 0 bridgehead atoms. The number of aliphatic imine (C=N–C) groups is 1. The Kier molecular flexibility index (Phi) is 3.84. The van der Waals surface area contributed by atoms with Crippen molar-refractivity contribution in [2.75, 3.05) is 0 Å². The van der Waals surface area contributed by atoms with E-state index in [0.29, 0.717) is 5.57 Å². The zero-order valence-electron chi connectivity index (χ0n) is 11.8. The molecule has 2 aliphatic heterocycles. The maximum absolute atomic E-state index is 12.5. The highest BCUT2D eigenvalue weighted by Gasteiger charge is 2.46. The fraction of sp³-hybridized carbons (Fsp3) is 0.357. The average Bonchev–Trinajstić information content (AvgIpc) is 2.69. The summed E-state index contributed by atoms with van der Waals surface area (Å²) in [6.07, 6.45) is 1.89. The average molecular weight is 289 g/mol. The largest absolute Gasteiger partial charge is 0.295 e. The van der Waals surface area contributed by atoms with Crippen LogP contribution in [0.2, 0.25) is 0 Å². The minimum Gasteiger partial charge on any atom is -0.295 e. The number of amides is 4. The van der Waals surface area contributed by atoms with Gasteiger partial charge in [0.2, 0.25) is 11.8 Å². The van der Waals surface area contributed by atoms with Crippen LogP contribution in [0.1, 0.15) is 26.7 Å². The Morgan fingerprint density at radius 2 is 2.00 bits per heavy atom. The van der Waals surface area contributed by atoms with Crippen LogP contribution in [-0.2, 0) is 19.2 Å². The van der Waals surface area contributed by atoms with Crippen molar-refractivity contribution in [1.82, 2.24) is 10.2 Å². The molecule has 2 heterocycles. The van der Waals surface area contributed by atoms with Gasteiger partial charge >= 0.3 is 0 Å². The molecule has 1 unspecified atom stereocenters. The molecule has 0 saturated carbocycles. The minimum atomic E-state index is -0.985. The third-order valence-corrected chi connectivity index (χ3v) is 3.60. The molecule has 21 heavy (non-hydrogen) atoms. The van der Waals surface area contributed by atoms with Gasteiger partial charge in [0.05, 0.1) is 5.57 Å². The number of piperidine rings is 1. The van der Waals surface area contributed by atoms with Crippen molar-refractivity contribution in [3.05, 3.63) is 22.9 Å². The van der Waals surface area contributed by atoms with Gasteiger partial charge in [0.25, 0.3) is 11.8 Å². The molecule has 0 aromatic carbocycles. The third kappa shape index (κ3) is 2.31. The summed E-state index contributed by atoms with van der Waals surface area (Å²) in [6.45, 7) is 6.73. The van der Waals surface area contributed by atoms with Gasteiger partial charge in [-0.3, -0.25) is 34.4 Å². The molecule has 0 aromatic rings.